The zero-order valence-electron chi connectivity index (χ0n) is 10.3. The van der Waals surface area contributed by atoms with Crippen molar-refractivity contribution in [3.05, 3.63) is 16.7 Å². The Morgan fingerprint density at radius 2 is 1.94 bits per heavy atom. The van der Waals surface area contributed by atoms with Gasteiger partial charge in [0.25, 0.3) is 5.78 Å². The summed E-state index contributed by atoms with van der Waals surface area (Å²) in [4.78, 5) is 15.9. The van der Waals surface area contributed by atoms with Gasteiger partial charge in [0.05, 0.1) is 12.2 Å². The molecular formula is C10H15N5OS. The molecule has 0 radical (unpaired) electrons. The highest BCUT2D eigenvalue weighted by atomic mass is 32.2. The molecule has 0 aliphatic carbocycles. The predicted molar refractivity (Wildman–Crippen MR) is 66.4 cm³/mol. The van der Waals surface area contributed by atoms with Crippen LogP contribution in [0.25, 0.3) is 5.78 Å². The number of rotatable bonds is 3. The lowest BCUT2D eigenvalue weighted by Crippen LogP contribution is -2.31. The molecule has 92 valence electrons. The Kier molecular flexibility index (Phi) is 3.19. The predicted octanol–water partition coefficient (Wildman–Crippen LogP) is 1.37. The summed E-state index contributed by atoms with van der Waals surface area (Å²) in [5.41, 5.74) is -0.351. The molecule has 0 saturated heterocycles. The summed E-state index contributed by atoms with van der Waals surface area (Å²) in [5, 5.41) is 8.72. The zero-order chi connectivity index (χ0) is 12.6. The number of nitrogens with zero attached hydrogens (tertiary/aromatic N) is 5. The van der Waals surface area contributed by atoms with Crippen molar-refractivity contribution in [1.29, 1.82) is 0 Å². The highest BCUT2D eigenvalue weighted by Crippen LogP contribution is 2.23. The molecule has 0 fully saturated rings. The van der Waals surface area contributed by atoms with Gasteiger partial charge < -0.3 is 0 Å². The maximum Gasteiger partial charge on any atom is 0.381 e. The van der Waals surface area contributed by atoms with Crippen LogP contribution in [0.3, 0.4) is 0 Å². The van der Waals surface area contributed by atoms with Crippen LogP contribution in [0.1, 0.15) is 33.7 Å². The Balaban J connectivity index is 2.71. The lowest BCUT2D eigenvalue weighted by atomic mass is 10.4. The Labute approximate surface area is 103 Å². The quantitative estimate of drug-likeness (QED) is 0.773. The van der Waals surface area contributed by atoms with Gasteiger partial charge in [-0.15, -0.1) is 16.9 Å². The molecule has 2 rings (SSSR count). The van der Waals surface area contributed by atoms with Crippen LogP contribution in [0.2, 0.25) is 0 Å². The zero-order valence-corrected chi connectivity index (χ0v) is 11.1. The molecular weight excluding hydrogens is 238 g/mol. The molecule has 6 nitrogen and oxygen atoms in total. The van der Waals surface area contributed by atoms with E-state index in [0.717, 1.165) is 5.03 Å². The molecule has 0 spiro atoms. The molecule has 0 aliphatic heterocycles. The molecule has 2 aromatic heterocycles. The minimum absolute atomic E-state index is 0.0150. The van der Waals surface area contributed by atoms with Gasteiger partial charge in [-0.05, 0) is 13.8 Å². The molecule has 0 saturated carbocycles. The minimum Gasteiger partial charge on any atom is -0.242 e. The molecule has 0 unspecified atom stereocenters. The van der Waals surface area contributed by atoms with Crippen LogP contribution in [0.5, 0.6) is 0 Å². The van der Waals surface area contributed by atoms with Crippen LogP contribution in [0.15, 0.2) is 16.0 Å². The molecule has 2 aromatic rings. The van der Waals surface area contributed by atoms with Crippen molar-refractivity contribution in [2.24, 2.45) is 0 Å². The molecule has 17 heavy (non-hydrogen) atoms. The maximum atomic E-state index is 11.7. The van der Waals surface area contributed by atoms with E-state index < -0.39 is 0 Å². The second-order valence-electron chi connectivity index (χ2n) is 4.30. The number of thioether (sulfide) groups is 1. The summed E-state index contributed by atoms with van der Waals surface area (Å²) in [6, 6.07) is 0.0150. The maximum absolute atomic E-state index is 11.7. The lowest BCUT2D eigenvalue weighted by Gasteiger charge is -2.13. The van der Waals surface area contributed by atoms with Crippen molar-refractivity contribution in [3.8, 4) is 0 Å². The van der Waals surface area contributed by atoms with E-state index in [-0.39, 0.29) is 11.7 Å². The molecule has 0 atom stereocenters. The minimum atomic E-state index is -0.351. The third-order valence-corrected chi connectivity index (χ3v) is 3.16. The van der Waals surface area contributed by atoms with Gasteiger partial charge in [0.15, 0.2) is 0 Å². The largest absolute Gasteiger partial charge is 0.381 e. The van der Waals surface area contributed by atoms with E-state index in [9.17, 15) is 4.79 Å². The number of aromatic nitrogens is 5. The Hall–Kier alpha value is -1.37. The van der Waals surface area contributed by atoms with E-state index in [1.54, 1.807) is 27.2 Å². The first-order chi connectivity index (χ1) is 8.00. The van der Waals surface area contributed by atoms with E-state index in [2.05, 4.69) is 29.0 Å². The van der Waals surface area contributed by atoms with Crippen LogP contribution in [-0.2, 0) is 0 Å². The third kappa shape index (κ3) is 2.19. The molecule has 2 heterocycles. The molecule has 0 aliphatic rings. The van der Waals surface area contributed by atoms with Crippen LogP contribution in [0.4, 0.5) is 0 Å². The van der Waals surface area contributed by atoms with Gasteiger partial charge in [0, 0.05) is 5.25 Å². The molecule has 0 bridgehead atoms. The van der Waals surface area contributed by atoms with E-state index in [1.165, 1.54) is 0 Å². The van der Waals surface area contributed by atoms with Gasteiger partial charge in [-0.2, -0.15) is 0 Å². The van der Waals surface area contributed by atoms with Gasteiger partial charge in [-0.1, -0.05) is 18.9 Å². The first-order valence-corrected chi connectivity index (χ1v) is 6.38. The summed E-state index contributed by atoms with van der Waals surface area (Å²) in [5.74, 6) is 0.460. The number of hydrogen-bond donors (Lipinski definition) is 0. The van der Waals surface area contributed by atoms with Crippen molar-refractivity contribution in [2.45, 2.75) is 44.0 Å². The van der Waals surface area contributed by atoms with Crippen molar-refractivity contribution >= 4 is 17.5 Å². The van der Waals surface area contributed by atoms with E-state index in [4.69, 9.17) is 0 Å². The van der Waals surface area contributed by atoms with Gasteiger partial charge in [0.1, 0.15) is 5.03 Å². The summed E-state index contributed by atoms with van der Waals surface area (Å²) >= 11 is 1.65. The third-order valence-electron chi connectivity index (χ3n) is 2.17. The van der Waals surface area contributed by atoms with Crippen molar-refractivity contribution < 1.29 is 0 Å². The lowest BCUT2D eigenvalue weighted by molar-refractivity contribution is 0.438. The highest BCUT2D eigenvalue weighted by Gasteiger charge is 2.14. The topological polar surface area (TPSA) is 65.1 Å². The standard InChI is InChI=1S/C10H15N5OS/c1-6(2)14-10(16)13-12-9-11-5-8(15(9)14)17-7(3)4/h5-7H,1-4H3. The number of imidazole rings is 1. The fourth-order valence-corrected chi connectivity index (χ4v) is 2.45. The normalized spacial score (nSPS) is 11.9. The Morgan fingerprint density at radius 3 is 2.53 bits per heavy atom. The first-order valence-electron chi connectivity index (χ1n) is 5.50. The first kappa shape index (κ1) is 12.1. The van der Waals surface area contributed by atoms with Crippen LogP contribution < -0.4 is 5.69 Å². The van der Waals surface area contributed by atoms with Crippen LogP contribution in [0, 0.1) is 0 Å². The Morgan fingerprint density at radius 1 is 1.24 bits per heavy atom. The number of fused-ring (bicyclic) bond motifs is 1. The van der Waals surface area contributed by atoms with E-state index >= 15 is 0 Å². The molecule has 0 aromatic carbocycles. The summed E-state index contributed by atoms with van der Waals surface area (Å²) in [7, 11) is 0. The average molecular weight is 253 g/mol. The fraction of sp³-hybridized carbons (Fsp3) is 0.600. The van der Waals surface area contributed by atoms with Crippen molar-refractivity contribution in [1.82, 2.24) is 24.4 Å². The van der Waals surface area contributed by atoms with Crippen LogP contribution in [-0.4, -0.2) is 29.6 Å². The highest BCUT2D eigenvalue weighted by molar-refractivity contribution is 7.99. The summed E-state index contributed by atoms with van der Waals surface area (Å²) < 4.78 is 3.31. The van der Waals surface area contributed by atoms with E-state index in [1.807, 2.05) is 13.8 Å². The number of hydrogen-bond acceptors (Lipinski definition) is 5. The van der Waals surface area contributed by atoms with Crippen LogP contribution >= 0.6 is 11.8 Å². The van der Waals surface area contributed by atoms with Gasteiger partial charge in [-0.25, -0.2) is 19.0 Å². The monoisotopic (exact) mass is 253 g/mol. The molecule has 0 amide bonds. The summed E-state index contributed by atoms with van der Waals surface area (Å²) in [6.07, 6.45) is 1.73. The second-order valence-corrected chi connectivity index (χ2v) is 5.89. The van der Waals surface area contributed by atoms with Gasteiger partial charge in [0.2, 0.25) is 0 Å². The van der Waals surface area contributed by atoms with E-state index in [0.29, 0.717) is 11.0 Å². The van der Waals surface area contributed by atoms with Crippen molar-refractivity contribution in [3.63, 3.8) is 0 Å². The average Bonchev–Trinajstić information content (AvgIpc) is 2.60. The molecule has 0 N–H and O–H groups in total. The summed E-state index contributed by atoms with van der Waals surface area (Å²) in [6.45, 7) is 8.06. The van der Waals surface area contributed by atoms with Gasteiger partial charge >= 0.3 is 5.69 Å². The second kappa shape index (κ2) is 4.48. The van der Waals surface area contributed by atoms with Crippen molar-refractivity contribution in [2.75, 3.05) is 0 Å². The SMILES string of the molecule is CC(C)Sc1cnc2nnc(=O)n(C(C)C)n12. The van der Waals surface area contributed by atoms with Gasteiger partial charge in [-0.3, -0.25) is 0 Å². The smallest absolute Gasteiger partial charge is 0.242 e. The fourth-order valence-electron chi connectivity index (χ4n) is 1.58. The Bertz CT molecular complexity index is 586. The molecule has 7 heteroatoms.